The van der Waals surface area contributed by atoms with Gasteiger partial charge in [-0.2, -0.15) is 13.2 Å². The molecule has 0 fully saturated rings. The normalized spacial score (nSPS) is 11.2. The van der Waals surface area contributed by atoms with Gasteiger partial charge in [0.25, 0.3) is 0 Å². The molecule has 20 heavy (non-hydrogen) atoms. The van der Waals surface area contributed by atoms with Crippen molar-refractivity contribution in [2.45, 2.75) is 12.8 Å². The van der Waals surface area contributed by atoms with Crippen molar-refractivity contribution < 1.29 is 22.6 Å². The number of rotatable bonds is 4. The molecule has 0 heterocycles. The van der Waals surface area contributed by atoms with E-state index < -0.39 is 11.7 Å². The molecule has 0 aliphatic carbocycles. The Morgan fingerprint density at radius 3 is 1.90 bits per heavy atom. The maximum atomic E-state index is 12.4. The van der Waals surface area contributed by atoms with Crippen LogP contribution in [0.3, 0.4) is 0 Å². The number of benzene rings is 2. The van der Waals surface area contributed by atoms with Gasteiger partial charge in [0, 0.05) is 0 Å². The number of halogens is 3. The Labute approximate surface area is 114 Å². The number of alkyl halides is 3. The summed E-state index contributed by atoms with van der Waals surface area (Å²) in [4.78, 5) is 0. The number of hydrogen-bond acceptors (Lipinski definition) is 2. The van der Waals surface area contributed by atoms with Crippen molar-refractivity contribution in [1.82, 2.24) is 0 Å². The minimum absolute atomic E-state index is 0.287. The molecule has 5 heteroatoms. The maximum Gasteiger partial charge on any atom is 0.416 e. The van der Waals surface area contributed by atoms with Gasteiger partial charge in [-0.15, -0.1) is 0 Å². The highest BCUT2D eigenvalue weighted by Gasteiger charge is 2.29. The van der Waals surface area contributed by atoms with Gasteiger partial charge < -0.3 is 9.47 Å². The predicted molar refractivity (Wildman–Crippen MR) is 68.8 cm³/mol. The molecule has 0 saturated carbocycles. The fourth-order valence-electron chi connectivity index (χ4n) is 1.63. The molecule has 0 aliphatic rings. The van der Waals surface area contributed by atoms with E-state index in [1.54, 1.807) is 19.2 Å². The first kappa shape index (κ1) is 14.2. The quantitative estimate of drug-likeness (QED) is 0.832. The van der Waals surface area contributed by atoms with Crippen LogP contribution in [-0.2, 0) is 12.8 Å². The zero-order valence-corrected chi connectivity index (χ0v) is 10.8. The Morgan fingerprint density at radius 1 is 0.850 bits per heavy atom. The average Bonchev–Trinajstić information content (AvgIpc) is 2.45. The molecule has 2 nitrogen and oxygen atoms in total. The van der Waals surface area contributed by atoms with Gasteiger partial charge >= 0.3 is 6.18 Å². The Hall–Kier alpha value is -2.17. The molecule has 0 amide bonds. The Kier molecular flexibility index (Phi) is 4.17. The van der Waals surface area contributed by atoms with Crippen LogP contribution in [0.1, 0.15) is 11.1 Å². The van der Waals surface area contributed by atoms with Crippen molar-refractivity contribution in [3.63, 3.8) is 0 Å². The lowest BCUT2D eigenvalue weighted by Crippen LogP contribution is -2.04. The molecule has 0 saturated heterocycles. The maximum absolute atomic E-state index is 12.4. The fourth-order valence-corrected chi connectivity index (χ4v) is 1.63. The second-order valence-corrected chi connectivity index (χ2v) is 4.16. The summed E-state index contributed by atoms with van der Waals surface area (Å²) in [6.07, 6.45) is -4.32. The summed E-state index contributed by atoms with van der Waals surface area (Å²) in [5.41, 5.74) is 0.222. The second-order valence-electron chi connectivity index (χ2n) is 4.16. The average molecular weight is 282 g/mol. The van der Waals surface area contributed by atoms with Crippen LogP contribution in [0.5, 0.6) is 11.5 Å². The van der Waals surface area contributed by atoms with Gasteiger partial charge in [0.2, 0.25) is 0 Å². The summed E-state index contributed by atoms with van der Waals surface area (Å²) in [6, 6.07) is 11.9. The van der Waals surface area contributed by atoms with Crippen LogP contribution in [-0.4, -0.2) is 7.11 Å². The van der Waals surface area contributed by atoms with E-state index in [1.165, 1.54) is 12.1 Å². The molecule has 0 atom stereocenters. The third-order valence-electron chi connectivity index (χ3n) is 2.75. The van der Waals surface area contributed by atoms with Crippen molar-refractivity contribution in [3.8, 4) is 11.5 Å². The summed E-state index contributed by atoms with van der Waals surface area (Å²) in [5.74, 6) is 1.14. The highest BCUT2D eigenvalue weighted by atomic mass is 19.4. The monoisotopic (exact) mass is 282 g/mol. The molecular weight excluding hydrogens is 269 g/mol. The van der Waals surface area contributed by atoms with Crippen LogP contribution in [0.25, 0.3) is 0 Å². The van der Waals surface area contributed by atoms with Crippen molar-refractivity contribution in [3.05, 3.63) is 59.7 Å². The molecule has 0 bridgehead atoms. The van der Waals surface area contributed by atoms with E-state index in [0.717, 1.165) is 23.4 Å². The first-order valence-corrected chi connectivity index (χ1v) is 5.92. The lowest BCUT2D eigenvalue weighted by atomic mass is 10.2. The van der Waals surface area contributed by atoms with Crippen molar-refractivity contribution in [1.29, 1.82) is 0 Å². The third kappa shape index (κ3) is 3.66. The Morgan fingerprint density at radius 2 is 1.40 bits per heavy atom. The van der Waals surface area contributed by atoms with Gasteiger partial charge in [-0.25, -0.2) is 0 Å². The van der Waals surface area contributed by atoms with Gasteiger partial charge in [0.05, 0.1) is 12.7 Å². The van der Waals surface area contributed by atoms with E-state index in [0.29, 0.717) is 5.75 Å². The minimum atomic E-state index is -4.32. The molecule has 0 N–H and O–H groups in total. The van der Waals surface area contributed by atoms with Gasteiger partial charge in [-0.3, -0.25) is 0 Å². The van der Waals surface area contributed by atoms with Crippen LogP contribution in [0, 0.1) is 0 Å². The number of methoxy groups -OCH3 is 1. The summed E-state index contributed by atoms with van der Waals surface area (Å²) < 4.78 is 47.6. The van der Waals surface area contributed by atoms with Gasteiger partial charge in [0.1, 0.15) is 18.1 Å². The lowest BCUT2D eigenvalue weighted by Gasteiger charge is -2.09. The van der Waals surface area contributed by atoms with E-state index in [-0.39, 0.29) is 6.61 Å². The highest BCUT2D eigenvalue weighted by molar-refractivity contribution is 5.30. The molecule has 2 aromatic carbocycles. The van der Waals surface area contributed by atoms with E-state index in [1.807, 2.05) is 12.1 Å². The summed E-state index contributed by atoms with van der Waals surface area (Å²) in [5, 5.41) is 0. The van der Waals surface area contributed by atoms with E-state index >= 15 is 0 Å². The molecule has 0 unspecified atom stereocenters. The summed E-state index contributed by atoms with van der Waals surface area (Å²) in [6.45, 7) is 0.287. The molecule has 0 aliphatic heterocycles. The SMILES string of the molecule is COc1ccc(COc2ccc(C(F)(F)F)cc2)cc1. The van der Waals surface area contributed by atoms with E-state index in [9.17, 15) is 13.2 Å². The molecule has 2 aromatic rings. The number of hydrogen-bond donors (Lipinski definition) is 0. The first-order valence-electron chi connectivity index (χ1n) is 5.92. The van der Waals surface area contributed by atoms with Crippen LogP contribution in [0.15, 0.2) is 48.5 Å². The topological polar surface area (TPSA) is 18.5 Å². The standard InChI is InChI=1S/C15H13F3O2/c1-19-13-6-2-11(3-7-13)10-20-14-8-4-12(5-9-14)15(16,17)18/h2-9H,10H2,1H3. The highest BCUT2D eigenvalue weighted by Crippen LogP contribution is 2.30. The minimum Gasteiger partial charge on any atom is -0.497 e. The first-order chi connectivity index (χ1) is 9.49. The van der Waals surface area contributed by atoms with Gasteiger partial charge in [-0.1, -0.05) is 12.1 Å². The third-order valence-corrected chi connectivity index (χ3v) is 2.75. The molecular formula is C15H13F3O2. The fraction of sp³-hybridized carbons (Fsp3) is 0.200. The number of ether oxygens (including phenoxy) is 2. The lowest BCUT2D eigenvalue weighted by molar-refractivity contribution is -0.137. The van der Waals surface area contributed by atoms with Crippen molar-refractivity contribution >= 4 is 0 Å². The van der Waals surface area contributed by atoms with Crippen LogP contribution >= 0.6 is 0 Å². The van der Waals surface area contributed by atoms with Crippen LogP contribution in [0.4, 0.5) is 13.2 Å². The molecule has 106 valence electrons. The molecule has 0 spiro atoms. The largest absolute Gasteiger partial charge is 0.497 e. The zero-order valence-electron chi connectivity index (χ0n) is 10.8. The summed E-state index contributed by atoms with van der Waals surface area (Å²) in [7, 11) is 1.58. The molecule has 0 aromatic heterocycles. The van der Waals surface area contributed by atoms with Crippen molar-refractivity contribution in [2.24, 2.45) is 0 Å². The predicted octanol–water partition coefficient (Wildman–Crippen LogP) is 4.29. The van der Waals surface area contributed by atoms with E-state index in [4.69, 9.17) is 9.47 Å². The second kappa shape index (κ2) is 5.86. The smallest absolute Gasteiger partial charge is 0.416 e. The van der Waals surface area contributed by atoms with Crippen molar-refractivity contribution in [2.75, 3.05) is 7.11 Å². The van der Waals surface area contributed by atoms with Gasteiger partial charge in [0.15, 0.2) is 0 Å². The van der Waals surface area contributed by atoms with Gasteiger partial charge in [-0.05, 0) is 42.0 Å². The Balaban J connectivity index is 1.96. The molecule has 2 rings (SSSR count). The molecule has 0 radical (unpaired) electrons. The van der Waals surface area contributed by atoms with Crippen LogP contribution < -0.4 is 9.47 Å². The summed E-state index contributed by atoms with van der Waals surface area (Å²) >= 11 is 0. The van der Waals surface area contributed by atoms with E-state index in [2.05, 4.69) is 0 Å². The van der Waals surface area contributed by atoms with Crippen LogP contribution in [0.2, 0.25) is 0 Å². The zero-order chi connectivity index (χ0) is 14.6. The Bertz CT molecular complexity index is 545.